The van der Waals surface area contributed by atoms with Crippen LogP contribution in [0.1, 0.15) is 19.4 Å². The number of aliphatic imine (C=N–C) groups is 1. The molecule has 1 rings (SSSR count). The molecule has 5 heteroatoms. The molecule has 0 aliphatic heterocycles. The van der Waals surface area contributed by atoms with Gasteiger partial charge in [0.25, 0.3) is 0 Å². The first-order chi connectivity index (χ1) is 9.08. The quantitative estimate of drug-likeness (QED) is 0.477. The van der Waals surface area contributed by atoms with Crippen molar-refractivity contribution in [3.05, 3.63) is 29.8 Å². The van der Waals surface area contributed by atoms with Crippen molar-refractivity contribution in [3.8, 4) is 5.75 Å². The Bertz CT molecular complexity index is 421. The maximum Gasteiger partial charge on any atom is 0.193 e. The van der Waals surface area contributed by atoms with Crippen molar-refractivity contribution in [2.75, 3.05) is 27.7 Å². The Hall–Kier alpha value is -0.980. The maximum absolute atomic E-state index is 5.37. The summed E-state index contributed by atoms with van der Waals surface area (Å²) in [5.74, 6) is 2.41. The summed E-state index contributed by atoms with van der Waals surface area (Å²) in [6.45, 7) is 6.05. The highest BCUT2D eigenvalue weighted by molar-refractivity contribution is 14.0. The predicted molar refractivity (Wildman–Crippen MR) is 96.1 cm³/mol. The van der Waals surface area contributed by atoms with Gasteiger partial charge in [-0.2, -0.15) is 0 Å². The minimum Gasteiger partial charge on any atom is -0.496 e. The van der Waals surface area contributed by atoms with Gasteiger partial charge in [0.05, 0.1) is 7.11 Å². The SMILES string of the molecule is CN=C(NCC(C)C)N(C)Cc1ccccc1OC.I. The number of rotatable bonds is 5. The minimum atomic E-state index is 0. The van der Waals surface area contributed by atoms with Crippen LogP contribution in [0.4, 0.5) is 0 Å². The van der Waals surface area contributed by atoms with Crippen molar-refractivity contribution in [1.29, 1.82) is 0 Å². The number of hydrogen-bond acceptors (Lipinski definition) is 2. The van der Waals surface area contributed by atoms with Crippen LogP contribution in [0.25, 0.3) is 0 Å². The second kappa shape index (κ2) is 9.85. The largest absolute Gasteiger partial charge is 0.496 e. The third-order valence-electron chi connectivity index (χ3n) is 2.84. The standard InChI is InChI=1S/C15H25N3O.HI/c1-12(2)10-17-15(16-3)18(4)11-13-8-6-7-9-14(13)19-5;/h6-9,12H,10-11H2,1-5H3,(H,16,17);1H. The smallest absolute Gasteiger partial charge is 0.193 e. The summed E-state index contributed by atoms with van der Waals surface area (Å²) in [5.41, 5.74) is 1.15. The van der Waals surface area contributed by atoms with Gasteiger partial charge in [0, 0.05) is 32.7 Å². The molecular formula is C15H26IN3O. The molecule has 0 bridgehead atoms. The lowest BCUT2D eigenvalue weighted by molar-refractivity contribution is 0.395. The number of benzene rings is 1. The lowest BCUT2D eigenvalue weighted by atomic mass is 10.2. The van der Waals surface area contributed by atoms with E-state index in [0.717, 1.165) is 30.4 Å². The minimum absolute atomic E-state index is 0. The van der Waals surface area contributed by atoms with E-state index in [2.05, 4.69) is 35.1 Å². The Morgan fingerprint density at radius 3 is 2.55 bits per heavy atom. The Balaban J connectivity index is 0.00000361. The van der Waals surface area contributed by atoms with Crippen molar-refractivity contribution >= 4 is 29.9 Å². The van der Waals surface area contributed by atoms with Gasteiger partial charge in [-0.05, 0) is 12.0 Å². The number of methoxy groups -OCH3 is 1. The Kier molecular flexibility index (Phi) is 9.37. The molecule has 1 aromatic rings. The molecule has 20 heavy (non-hydrogen) atoms. The number of halogens is 1. The molecule has 0 aliphatic carbocycles. The van der Waals surface area contributed by atoms with Crippen LogP contribution in [0.5, 0.6) is 5.75 Å². The van der Waals surface area contributed by atoms with Crippen LogP contribution in [0.15, 0.2) is 29.3 Å². The topological polar surface area (TPSA) is 36.9 Å². The predicted octanol–water partition coefficient (Wildman–Crippen LogP) is 2.98. The lowest BCUT2D eigenvalue weighted by Gasteiger charge is -2.23. The molecule has 0 saturated carbocycles. The molecule has 0 heterocycles. The fourth-order valence-electron chi connectivity index (χ4n) is 1.84. The summed E-state index contributed by atoms with van der Waals surface area (Å²) in [6, 6.07) is 8.06. The van der Waals surface area contributed by atoms with Crippen LogP contribution < -0.4 is 10.1 Å². The number of hydrogen-bond donors (Lipinski definition) is 1. The fraction of sp³-hybridized carbons (Fsp3) is 0.533. The zero-order valence-electron chi connectivity index (χ0n) is 13.0. The van der Waals surface area contributed by atoms with Gasteiger partial charge in [-0.3, -0.25) is 4.99 Å². The first-order valence-corrected chi connectivity index (χ1v) is 6.62. The molecule has 4 nitrogen and oxygen atoms in total. The zero-order chi connectivity index (χ0) is 14.3. The van der Waals surface area contributed by atoms with E-state index in [4.69, 9.17) is 4.74 Å². The molecule has 0 aliphatic rings. The van der Waals surface area contributed by atoms with Gasteiger partial charge >= 0.3 is 0 Å². The Morgan fingerprint density at radius 2 is 2.00 bits per heavy atom. The van der Waals surface area contributed by atoms with E-state index >= 15 is 0 Å². The Morgan fingerprint density at radius 1 is 1.35 bits per heavy atom. The van der Waals surface area contributed by atoms with Gasteiger partial charge in [0.1, 0.15) is 5.75 Å². The van der Waals surface area contributed by atoms with Crippen LogP contribution in [0.3, 0.4) is 0 Å². The molecule has 0 aromatic heterocycles. The van der Waals surface area contributed by atoms with Gasteiger partial charge in [0.2, 0.25) is 0 Å². The van der Waals surface area contributed by atoms with Crippen LogP contribution in [0.2, 0.25) is 0 Å². The summed E-state index contributed by atoms with van der Waals surface area (Å²) < 4.78 is 5.37. The van der Waals surface area contributed by atoms with E-state index in [1.54, 1.807) is 14.2 Å². The summed E-state index contributed by atoms with van der Waals surface area (Å²) >= 11 is 0. The maximum atomic E-state index is 5.37. The number of guanidine groups is 1. The van der Waals surface area contributed by atoms with Crippen LogP contribution in [-0.4, -0.2) is 38.6 Å². The van der Waals surface area contributed by atoms with E-state index in [1.165, 1.54) is 0 Å². The highest BCUT2D eigenvalue weighted by atomic mass is 127. The molecule has 0 spiro atoms. The highest BCUT2D eigenvalue weighted by Crippen LogP contribution is 2.18. The third kappa shape index (κ3) is 5.98. The number of para-hydroxylation sites is 1. The molecule has 0 atom stereocenters. The third-order valence-corrected chi connectivity index (χ3v) is 2.84. The second-order valence-corrected chi connectivity index (χ2v) is 4.99. The van der Waals surface area contributed by atoms with Crippen molar-refractivity contribution in [2.45, 2.75) is 20.4 Å². The van der Waals surface area contributed by atoms with Crippen molar-refractivity contribution in [3.63, 3.8) is 0 Å². The average molecular weight is 391 g/mol. The number of nitrogens with zero attached hydrogens (tertiary/aromatic N) is 2. The van der Waals surface area contributed by atoms with Gasteiger partial charge in [-0.25, -0.2) is 0 Å². The molecule has 1 aromatic carbocycles. The van der Waals surface area contributed by atoms with Crippen LogP contribution in [-0.2, 0) is 6.54 Å². The molecule has 0 amide bonds. The molecule has 0 radical (unpaired) electrons. The molecule has 0 unspecified atom stereocenters. The van der Waals surface area contributed by atoms with E-state index in [-0.39, 0.29) is 24.0 Å². The van der Waals surface area contributed by atoms with Crippen molar-refractivity contribution < 1.29 is 4.74 Å². The Labute approximate surface area is 139 Å². The molecule has 114 valence electrons. The highest BCUT2D eigenvalue weighted by Gasteiger charge is 2.09. The summed E-state index contributed by atoms with van der Waals surface area (Å²) in [4.78, 5) is 6.40. The molecular weight excluding hydrogens is 365 g/mol. The van der Waals surface area contributed by atoms with Gasteiger partial charge in [0.15, 0.2) is 5.96 Å². The first-order valence-electron chi connectivity index (χ1n) is 6.62. The first kappa shape index (κ1) is 19.0. The van der Waals surface area contributed by atoms with Crippen LogP contribution in [0, 0.1) is 5.92 Å². The van der Waals surface area contributed by atoms with Gasteiger partial charge in [-0.15, -0.1) is 24.0 Å². The fourth-order valence-corrected chi connectivity index (χ4v) is 1.84. The molecule has 1 N–H and O–H groups in total. The zero-order valence-corrected chi connectivity index (χ0v) is 15.3. The van der Waals surface area contributed by atoms with E-state index in [1.807, 2.05) is 25.2 Å². The molecule has 0 fully saturated rings. The van der Waals surface area contributed by atoms with Gasteiger partial charge in [-0.1, -0.05) is 32.0 Å². The number of ether oxygens (including phenoxy) is 1. The van der Waals surface area contributed by atoms with Crippen molar-refractivity contribution in [2.24, 2.45) is 10.9 Å². The number of nitrogens with one attached hydrogen (secondary N) is 1. The molecule has 0 saturated heterocycles. The summed E-state index contributed by atoms with van der Waals surface area (Å²) in [5, 5.41) is 3.36. The normalized spacial score (nSPS) is 11.0. The summed E-state index contributed by atoms with van der Waals surface area (Å²) in [7, 11) is 5.54. The van der Waals surface area contributed by atoms with E-state index < -0.39 is 0 Å². The average Bonchev–Trinajstić information content (AvgIpc) is 2.39. The van der Waals surface area contributed by atoms with E-state index in [0.29, 0.717) is 5.92 Å². The van der Waals surface area contributed by atoms with Crippen molar-refractivity contribution in [1.82, 2.24) is 10.2 Å². The summed E-state index contributed by atoms with van der Waals surface area (Å²) in [6.07, 6.45) is 0. The van der Waals surface area contributed by atoms with E-state index in [9.17, 15) is 0 Å². The second-order valence-electron chi connectivity index (χ2n) is 4.99. The monoisotopic (exact) mass is 391 g/mol. The lowest BCUT2D eigenvalue weighted by Crippen LogP contribution is -2.40. The van der Waals surface area contributed by atoms with Gasteiger partial charge < -0.3 is 15.0 Å². The van der Waals surface area contributed by atoms with Crippen LogP contribution >= 0.6 is 24.0 Å².